The van der Waals surface area contributed by atoms with Crippen LogP contribution < -0.4 is 0 Å². The van der Waals surface area contributed by atoms with Gasteiger partial charge in [0, 0.05) is 11.6 Å². The molecule has 0 aliphatic rings. The summed E-state index contributed by atoms with van der Waals surface area (Å²) < 4.78 is 28.2. The molecule has 0 radical (unpaired) electrons. The van der Waals surface area contributed by atoms with Crippen LogP contribution in [0.5, 0.6) is 0 Å². The van der Waals surface area contributed by atoms with Gasteiger partial charge >= 0.3 is 0 Å². The minimum Gasteiger partial charge on any atom is -0.298 e. The van der Waals surface area contributed by atoms with Gasteiger partial charge in [-0.2, -0.15) is 5.10 Å². The SMILES string of the molecule is O=Cc1c(-c2ccccc2Cl)nn(-c2ccc(F)c(F)c2)c1Br. The molecule has 0 aliphatic heterocycles. The molecule has 1 aromatic heterocycles. The second-order valence-electron chi connectivity index (χ2n) is 4.66. The van der Waals surface area contributed by atoms with Crippen molar-refractivity contribution < 1.29 is 13.6 Å². The second-order valence-corrected chi connectivity index (χ2v) is 5.82. The fraction of sp³-hybridized carbons (Fsp3) is 0. The Morgan fingerprint density at radius 2 is 1.87 bits per heavy atom. The molecule has 3 aromatic rings. The number of hydrogen-bond donors (Lipinski definition) is 0. The average molecular weight is 398 g/mol. The number of benzene rings is 2. The molecule has 3 rings (SSSR count). The Hall–Kier alpha value is -2.05. The highest BCUT2D eigenvalue weighted by molar-refractivity contribution is 9.10. The first-order valence-electron chi connectivity index (χ1n) is 6.47. The van der Waals surface area contributed by atoms with Crippen LogP contribution in [0.1, 0.15) is 10.4 Å². The predicted molar refractivity (Wildman–Crippen MR) is 87.0 cm³/mol. The number of halogens is 4. The van der Waals surface area contributed by atoms with E-state index >= 15 is 0 Å². The number of nitrogens with zero attached hydrogens (tertiary/aromatic N) is 2. The fourth-order valence-electron chi connectivity index (χ4n) is 2.15. The van der Waals surface area contributed by atoms with Crippen LogP contribution in [0.2, 0.25) is 5.02 Å². The number of hydrogen-bond acceptors (Lipinski definition) is 2. The maximum absolute atomic E-state index is 13.5. The minimum atomic E-state index is -1.00. The van der Waals surface area contributed by atoms with Crippen LogP contribution in [-0.2, 0) is 0 Å². The summed E-state index contributed by atoms with van der Waals surface area (Å²) in [5.74, 6) is -1.96. The maximum Gasteiger partial charge on any atom is 0.160 e. The van der Waals surface area contributed by atoms with Crippen LogP contribution in [0.15, 0.2) is 47.1 Å². The third kappa shape index (κ3) is 2.80. The zero-order valence-corrected chi connectivity index (χ0v) is 13.8. The first-order chi connectivity index (χ1) is 11.0. The van der Waals surface area contributed by atoms with Gasteiger partial charge in [0.15, 0.2) is 17.9 Å². The number of carbonyl (C=O) groups excluding carboxylic acids is 1. The third-order valence-corrected chi connectivity index (χ3v) is 4.35. The largest absolute Gasteiger partial charge is 0.298 e. The van der Waals surface area contributed by atoms with Crippen molar-refractivity contribution in [2.75, 3.05) is 0 Å². The van der Waals surface area contributed by atoms with Crippen molar-refractivity contribution in [3.8, 4) is 16.9 Å². The molecule has 0 bridgehead atoms. The molecule has 0 aliphatic carbocycles. The zero-order chi connectivity index (χ0) is 16.6. The van der Waals surface area contributed by atoms with E-state index in [4.69, 9.17) is 11.6 Å². The summed E-state index contributed by atoms with van der Waals surface area (Å²) in [5.41, 5.74) is 1.46. The lowest BCUT2D eigenvalue weighted by Gasteiger charge is -2.04. The molecule has 0 saturated heterocycles. The summed E-state index contributed by atoms with van der Waals surface area (Å²) in [6, 6.07) is 10.3. The van der Waals surface area contributed by atoms with Crippen LogP contribution in [0.3, 0.4) is 0 Å². The summed E-state index contributed by atoms with van der Waals surface area (Å²) in [5, 5.41) is 4.75. The topological polar surface area (TPSA) is 34.9 Å². The number of rotatable bonds is 3. The monoisotopic (exact) mass is 396 g/mol. The van der Waals surface area contributed by atoms with Gasteiger partial charge in [-0.25, -0.2) is 13.5 Å². The summed E-state index contributed by atoms with van der Waals surface area (Å²) in [6.45, 7) is 0. The first kappa shape index (κ1) is 15.8. The van der Waals surface area contributed by atoms with Gasteiger partial charge in [0.1, 0.15) is 10.3 Å². The lowest BCUT2D eigenvalue weighted by molar-refractivity contribution is 0.112. The lowest BCUT2D eigenvalue weighted by Crippen LogP contribution is -1.99. The highest BCUT2D eigenvalue weighted by atomic mass is 79.9. The summed E-state index contributed by atoms with van der Waals surface area (Å²) in [4.78, 5) is 11.4. The van der Waals surface area contributed by atoms with Crippen LogP contribution in [0, 0.1) is 11.6 Å². The molecule has 1 heterocycles. The minimum absolute atomic E-state index is 0.267. The Morgan fingerprint density at radius 1 is 1.13 bits per heavy atom. The summed E-state index contributed by atoms with van der Waals surface area (Å²) >= 11 is 9.43. The van der Waals surface area contributed by atoms with Crippen LogP contribution >= 0.6 is 27.5 Å². The van der Waals surface area contributed by atoms with E-state index in [0.717, 1.165) is 12.1 Å². The molecule has 0 atom stereocenters. The molecule has 2 aromatic carbocycles. The van der Waals surface area contributed by atoms with Gasteiger partial charge in [0.25, 0.3) is 0 Å². The number of aldehydes is 1. The molecule has 116 valence electrons. The van der Waals surface area contributed by atoms with E-state index in [2.05, 4.69) is 21.0 Å². The molecular formula is C16H8BrClF2N2O. The third-order valence-electron chi connectivity index (χ3n) is 3.26. The van der Waals surface area contributed by atoms with E-state index in [9.17, 15) is 13.6 Å². The van der Waals surface area contributed by atoms with Crippen molar-refractivity contribution in [2.24, 2.45) is 0 Å². The van der Waals surface area contributed by atoms with Crippen molar-refractivity contribution in [1.29, 1.82) is 0 Å². The van der Waals surface area contributed by atoms with E-state index < -0.39 is 11.6 Å². The van der Waals surface area contributed by atoms with E-state index in [0.29, 0.717) is 27.2 Å². The van der Waals surface area contributed by atoms with Crippen molar-refractivity contribution in [2.45, 2.75) is 0 Å². The summed E-state index contributed by atoms with van der Waals surface area (Å²) in [6.07, 6.45) is 0.631. The van der Waals surface area contributed by atoms with Crippen molar-refractivity contribution in [1.82, 2.24) is 9.78 Å². The van der Waals surface area contributed by atoms with E-state index in [1.165, 1.54) is 10.7 Å². The summed E-state index contributed by atoms with van der Waals surface area (Å²) in [7, 11) is 0. The standard InChI is InChI=1S/C16H8BrClF2N2O/c17-16-11(8-23)15(10-3-1-2-4-12(10)18)21-22(16)9-5-6-13(19)14(20)7-9/h1-8H. The molecule has 0 spiro atoms. The van der Waals surface area contributed by atoms with Crippen LogP contribution in [-0.4, -0.2) is 16.1 Å². The van der Waals surface area contributed by atoms with Crippen LogP contribution in [0.4, 0.5) is 8.78 Å². The van der Waals surface area contributed by atoms with Gasteiger partial charge in [-0.3, -0.25) is 4.79 Å². The molecule has 7 heteroatoms. The Balaban J connectivity index is 2.23. The molecule has 0 unspecified atom stereocenters. The van der Waals surface area contributed by atoms with Gasteiger partial charge in [0.05, 0.1) is 16.3 Å². The lowest BCUT2D eigenvalue weighted by atomic mass is 10.1. The van der Waals surface area contributed by atoms with Gasteiger partial charge in [-0.1, -0.05) is 29.8 Å². The Morgan fingerprint density at radius 3 is 2.52 bits per heavy atom. The smallest absolute Gasteiger partial charge is 0.160 e. The van der Waals surface area contributed by atoms with Crippen molar-refractivity contribution >= 4 is 33.8 Å². The first-order valence-corrected chi connectivity index (χ1v) is 7.64. The van der Waals surface area contributed by atoms with Gasteiger partial charge in [0.2, 0.25) is 0 Å². The van der Waals surface area contributed by atoms with E-state index in [-0.39, 0.29) is 11.3 Å². The fourth-order valence-corrected chi connectivity index (χ4v) is 2.94. The Kier molecular flexibility index (Phi) is 4.28. The number of aromatic nitrogens is 2. The average Bonchev–Trinajstić information content (AvgIpc) is 2.87. The van der Waals surface area contributed by atoms with Crippen molar-refractivity contribution in [3.63, 3.8) is 0 Å². The van der Waals surface area contributed by atoms with E-state index in [1.54, 1.807) is 24.3 Å². The Bertz CT molecular complexity index is 911. The molecule has 23 heavy (non-hydrogen) atoms. The highest BCUT2D eigenvalue weighted by Crippen LogP contribution is 2.33. The predicted octanol–water partition coefficient (Wildman–Crippen LogP) is 5.05. The molecule has 0 amide bonds. The van der Waals surface area contributed by atoms with Gasteiger partial charge < -0.3 is 0 Å². The second kappa shape index (κ2) is 6.22. The maximum atomic E-state index is 13.5. The van der Waals surface area contributed by atoms with Gasteiger partial charge in [-0.05, 0) is 34.1 Å². The highest BCUT2D eigenvalue weighted by Gasteiger charge is 2.20. The number of carbonyl (C=O) groups is 1. The van der Waals surface area contributed by atoms with Gasteiger partial charge in [-0.15, -0.1) is 0 Å². The van der Waals surface area contributed by atoms with Crippen molar-refractivity contribution in [3.05, 3.63) is 69.3 Å². The molecule has 0 N–H and O–H groups in total. The molecular weight excluding hydrogens is 390 g/mol. The normalized spacial score (nSPS) is 10.8. The van der Waals surface area contributed by atoms with Crippen LogP contribution in [0.25, 0.3) is 16.9 Å². The van der Waals surface area contributed by atoms with E-state index in [1.807, 2.05) is 0 Å². The Labute approximate surface area is 143 Å². The molecule has 3 nitrogen and oxygen atoms in total. The zero-order valence-electron chi connectivity index (χ0n) is 11.4. The quantitative estimate of drug-likeness (QED) is 0.580. The molecule has 0 fully saturated rings. The molecule has 0 saturated carbocycles.